The van der Waals surface area contributed by atoms with E-state index in [0.29, 0.717) is 0 Å². The molecule has 3 aromatic carbocycles. The number of nitrogens with one attached hydrogen (secondary N) is 1. The first-order valence-electron chi connectivity index (χ1n) is 12.3. The van der Waals surface area contributed by atoms with Gasteiger partial charge >= 0.3 is 0 Å². The van der Waals surface area contributed by atoms with Crippen molar-refractivity contribution >= 4 is 22.5 Å². The molecule has 2 fully saturated rings. The molecule has 35 heavy (non-hydrogen) atoms. The van der Waals surface area contributed by atoms with Crippen molar-refractivity contribution in [2.24, 2.45) is 11.3 Å². The molecule has 2 atom stereocenters. The van der Waals surface area contributed by atoms with Crippen molar-refractivity contribution in [2.45, 2.75) is 38.8 Å². The van der Waals surface area contributed by atoms with E-state index in [4.69, 9.17) is 0 Å². The Balaban J connectivity index is 1.42. The van der Waals surface area contributed by atoms with Crippen molar-refractivity contribution in [1.29, 1.82) is 0 Å². The van der Waals surface area contributed by atoms with Crippen LogP contribution in [0.15, 0.2) is 79.0 Å². The smallest absolute Gasteiger partial charge is 0.234 e. The highest BCUT2D eigenvalue weighted by Crippen LogP contribution is 2.47. The van der Waals surface area contributed by atoms with E-state index in [1.54, 1.807) is 23.0 Å². The van der Waals surface area contributed by atoms with E-state index in [0.717, 1.165) is 40.3 Å². The summed E-state index contributed by atoms with van der Waals surface area (Å²) in [4.78, 5) is 15.9. The predicted molar refractivity (Wildman–Crippen MR) is 136 cm³/mol. The van der Waals surface area contributed by atoms with Gasteiger partial charge in [0, 0.05) is 17.1 Å². The molecule has 1 aliphatic carbocycles. The third-order valence-corrected chi connectivity index (χ3v) is 7.51. The van der Waals surface area contributed by atoms with E-state index in [1.807, 2.05) is 41.3 Å². The van der Waals surface area contributed by atoms with Gasteiger partial charge in [0.1, 0.15) is 5.82 Å². The highest BCUT2D eigenvalue weighted by Gasteiger charge is 2.54. The standard InChI is InChI=1S/C29H29FN4O/c1-29(2)27(31-17-19-8-9-19)26(20-6-4-3-5-7-20)33(28(29)35)24-14-15-25-21(16-24)18-32-34(25)23-12-10-22(30)11-13-23/h3-7,10-16,18-19,26-27,31H,8-9,17H2,1-2H3/t26-,27-/m1/s1. The lowest BCUT2D eigenvalue weighted by molar-refractivity contribution is -0.124. The second-order valence-electron chi connectivity index (χ2n) is 10.4. The summed E-state index contributed by atoms with van der Waals surface area (Å²) >= 11 is 0. The molecule has 6 rings (SSSR count). The molecule has 1 aromatic heterocycles. The lowest BCUT2D eigenvalue weighted by atomic mass is 9.82. The van der Waals surface area contributed by atoms with Gasteiger partial charge in [-0.2, -0.15) is 5.10 Å². The van der Waals surface area contributed by atoms with Gasteiger partial charge in [0.15, 0.2) is 0 Å². The Morgan fingerprint density at radius 2 is 1.71 bits per heavy atom. The van der Waals surface area contributed by atoms with Gasteiger partial charge in [-0.1, -0.05) is 30.3 Å². The van der Waals surface area contributed by atoms with Crippen LogP contribution in [0.25, 0.3) is 16.6 Å². The Labute approximate surface area is 204 Å². The van der Waals surface area contributed by atoms with E-state index in [9.17, 15) is 9.18 Å². The molecule has 1 saturated carbocycles. The first kappa shape index (κ1) is 22.0. The Morgan fingerprint density at radius 3 is 2.43 bits per heavy atom. The molecule has 0 spiro atoms. The predicted octanol–water partition coefficient (Wildman–Crippen LogP) is 5.65. The minimum absolute atomic E-state index is 0.00404. The first-order valence-corrected chi connectivity index (χ1v) is 12.3. The van der Waals surface area contributed by atoms with Crippen LogP contribution in [0.5, 0.6) is 0 Å². The highest BCUT2D eigenvalue weighted by molar-refractivity contribution is 6.03. The maximum Gasteiger partial charge on any atom is 0.234 e. The van der Waals surface area contributed by atoms with Gasteiger partial charge in [0.25, 0.3) is 0 Å². The fourth-order valence-corrected chi connectivity index (χ4v) is 5.32. The number of halogens is 1. The van der Waals surface area contributed by atoms with Gasteiger partial charge in [-0.25, -0.2) is 9.07 Å². The molecular weight excluding hydrogens is 439 g/mol. The molecule has 1 saturated heterocycles. The molecule has 1 amide bonds. The lowest BCUT2D eigenvalue weighted by Gasteiger charge is -2.31. The number of rotatable bonds is 6. The van der Waals surface area contributed by atoms with Crippen LogP contribution in [0.1, 0.15) is 38.3 Å². The molecule has 0 unspecified atom stereocenters. The molecule has 0 radical (unpaired) electrons. The number of carbonyl (C=O) groups is 1. The zero-order valence-electron chi connectivity index (χ0n) is 20.0. The number of fused-ring (bicyclic) bond motifs is 1. The largest absolute Gasteiger partial charge is 0.310 e. The second-order valence-corrected chi connectivity index (χ2v) is 10.4. The molecule has 1 N–H and O–H groups in total. The summed E-state index contributed by atoms with van der Waals surface area (Å²) in [6.45, 7) is 5.06. The third kappa shape index (κ3) is 3.82. The van der Waals surface area contributed by atoms with Gasteiger partial charge in [-0.3, -0.25) is 4.79 Å². The van der Waals surface area contributed by atoms with Gasteiger partial charge in [0.2, 0.25) is 5.91 Å². The number of hydrogen-bond acceptors (Lipinski definition) is 3. The van der Waals surface area contributed by atoms with Crippen LogP contribution in [0.2, 0.25) is 0 Å². The van der Waals surface area contributed by atoms with Crippen molar-refractivity contribution in [2.75, 3.05) is 11.4 Å². The molecule has 5 nitrogen and oxygen atoms in total. The Morgan fingerprint density at radius 1 is 1.00 bits per heavy atom. The van der Waals surface area contributed by atoms with Crippen molar-refractivity contribution in [3.8, 4) is 5.69 Å². The molecule has 2 aliphatic rings. The topological polar surface area (TPSA) is 50.2 Å². The lowest BCUT2D eigenvalue weighted by Crippen LogP contribution is -2.44. The first-order chi connectivity index (χ1) is 16.9. The average Bonchev–Trinajstić information content (AvgIpc) is 3.56. The van der Waals surface area contributed by atoms with Gasteiger partial charge in [-0.15, -0.1) is 0 Å². The van der Waals surface area contributed by atoms with E-state index in [1.165, 1.54) is 25.0 Å². The van der Waals surface area contributed by atoms with Crippen LogP contribution in [0.4, 0.5) is 10.1 Å². The molecule has 0 bridgehead atoms. The zero-order chi connectivity index (χ0) is 24.2. The molecule has 2 heterocycles. The van der Waals surface area contributed by atoms with Crippen molar-refractivity contribution < 1.29 is 9.18 Å². The number of nitrogens with zero attached hydrogens (tertiary/aromatic N) is 3. The molecule has 1 aliphatic heterocycles. The minimum Gasteiger partial charge on any atom is -0.310 e. The zero-order valence-corrected chi connectivity index (χ0v) is 20.0. The SMILES string of the molecule is CC1(C)C(=O)N(c2ccc3c(cnn3-c3ccc(F)cc3)c2)[C@H](c2ccccc2)[C@H]1NCC1CC1. The van der Waals surface area contributed by atoms with Crippen LogP contribution in [0, 0.1) is 17.2 Å². The summed E-state index contributed by atoms with van der Waals surface area (Å²) in [5, 5.41) is 9.24. The van der Waals surface area contributed by atoms with E-state index in [2.05, 4.69) is 36.4 Å². The summed E-state index contributed by atoms with van der Waals surface area (Å²) < 4.78 is 15.2. The Bertz CT molecular complexity index is 1380. The van der Waals surface area contributed by atoms with E-state index in [-0.39, 0.29) is 23.8 Å². The van der Waals surface area contributed by atoms with Gasteiger partial charge in [-0.05, 0) is 87.2 Å². The summed E-state index contributed by atoms with van der Waals surface area (Å²) in [6.07, 6.45) is 4.33. The number of benzene rings is 3. The van der Waals surface area contributed by atoms with Crippen LogP contribution < -0.4 is 10.2 Å². The maximum absolute atomic E-state index is 13.9. The summed E-state index contributed by atoms with van der Waals surface area (Å²) in [5.74, 6) is 0.560. The minimum atomic E-state index is -0.553. The second kappa shape index (κ2) is 8.31. The van der Waals surface area contributed by atoms with Crippen molar-refractivity contribution in [1.82, 2.24) is 15.1 Å². The number of carbonyl (C=O) groups excluding carboxylic acids is 1. The molecule has 4 aromatic rings. The number of aromatic nitrogens is 2. The van der Waals surface area contributed by atoms with Crippen LogP contribution >= 0.6 is 0 Å². The molecule has 178 valence electrons. The van der Waals surface area contributed by atoms with E-state index >= 15 is 0 Å². The average molecular weight is 469 g/mol. The third-order valence-electron chi connectivity index (χ3n) is 7.51. The van der Waals surface area contributed by atoms with Crippen molar-refractivity contribution in [3.63, 3.8) is 0 Å². The fourth-order valence-electron chi connectivity index (χ4n) is 5.32. The summed E-state index contributed by atoms with van der Waals surface area (Å²) in [5.41, 5.74) is 3.13. The van der Waals surface area contributed by atoms with Crippen LogP contribution in [0.3, 0.4) is 0 Å². The quantitative estimate of drug-likeness (QED) is 0.398. The van der Waals surface area contributed by atoms with Crippen LogP contribution in [-0.4, -0.2) is 28.3 Å². The number of hydrogen-bond donors (Lipinski definition) is 1. The molecular formula is C29H29FN4O. The normalized spacial score (nSPS) is 21.7. The number of amides is 1. The Kier molecular flexibility index (Phi) is 5.22. The van der Waals surface area contributed by atoms with Gasteiger partial charge < -0.3 is 10.2 Å². The monoisotopic (exact) mass is 468 g/mol. The fraction of sp³-hybridized carbons (Fsp3) is 0.310. The van der Waals surface area contributed by atoms with Crippen LogP contribution in [-0.2, 0) is 4.79 Å². The highest BCUT2D eigenvalue weighted by atomic mass is 19.1. The van der Waals surface area contributed by atoms with E-state index < -0.39 is 5.41 Å². The number of anilines is 1. The van der Waals surface area contributed by atoms with Gasteiger partial charge in [0.05, 0.1) is 28.9 Å². The van der Waals surface area contributed by atoms with Crippen molar-refractivity contribution in [3.05, 3.63) is 90.4 Å². The summed E-state index contributed by atoms with van der Waals surface area (Å²) in [7, 11) is 0. The maximum atomic E-state index is 13.9. The molecule has 6 heteroatoms. The Hall–Kier alpha value is -3.51. The summed E-state index contributed by atoms with van der Waals surface area (Å²) in [6, 6.07) is 22.5.